The molecule has 2 aromatic rings. The number of fused-ring (bicyclic) bond motifs is 2. The number of carboxylic acid groups (broad SMARTS) is 2. The van der Waals surface area contributed by atoms with Gasteiger partial charge in [-0.3, -0.25) is 19.2 Å². The number of carboxylic acids is 2. The number of carbonyl (C=O) groups excluding carboxylic acids is 2. The number of amides is 2. The van der Waals surface area contributed by atoms with E-state index in [0.717, 1.165) is 16.7 Å². The van der Waals surface area contributed by atoms with Crippen LogP contribution in [0.5, 0.6) is 0 Å². The maximum absolute atomic E-state index is 13.3. The molecule has 0 aromatic heterocycles. The Kier molecular flexibility index (Phi) is 10.8. The lowest BCUT2D eigenvalue weighted by Gasteiger charge is -2.26. The minimum absolute atomic E-state index is 0.0189. The zero-order valence-corrected chi connectivity index (χ0v) is 20.9. The number of rotatable bonds is 14. The van der Waals surface area contributed by atoms with Crippen LogP contribution >= 0.6 is 0 Å². The molecule has 10 nitrogen and oxygen atoms in total. The zero-order valence-electron chi connectivity index (χ0n) is 20.9. The molecule has 0 radical (unpaired) electrons. The number of aliphatic carboxylic acids is 2. The van der Waals surface area contributed by atoms with Crippen LogP contribution in [0.1, 0.15) is 42.4 Å². The van der Waals surface area contributed by atoms with Gasteiger partial charge in [-0.25, -0.2) is 0 Å². The van der Waals surface area contributed by atoms with E-state index >= 15 is 0 Å². The van der Waals surface area contributed by atoms with Gasteiger partial charge < -0.3 is 29.9 Å². The SMILES string of the molecule is O=C(O)CCOCC(COCCC(=O)O)NC(=O)CCC(=O)N1Cc2ccccc2C#Cc2ccccc21. The second-order valence-corrected chi connectivity index (χ2v) is 8.61. The van der Waals surface area contributed by atoms with Gasteiger partial charge in [0.25, 0.3) is 0 Å². The van der Waals surface area contributed by atoms with E-state index < -0.39 is 23.9 Å². The number of hydrogen-bond donors (Lipinski definition) is 3. The topological polar surface area (TPSA) is 142 Å². The van der Waals surface area contributed by atoms with Crippen LogP contribution in [0.25, 0.3) is 0 Å². The minimum Gasteiger partial charge on any atom is -0.481 e. The molecular weight excluding hydrogens is 492 g/mol. The van der Waals surface area contributed by atoms with E-state index in [1.807, 2.05) is 48.5 Å². The molecule has 2 aromatic carbocycles. The third-order valence-electron chi connectivity index (χ3n) is 5.66. The van der Waals surface area contributed by atoms with Crippen molar-refractivity contribution < 1.29 is 38.9 Å². The fourth-order valence-corrected chi connectivity index (χ4v) is 3.76. The highest BCUT2D eigenvalue weighted by atomic mass is 16.5. The van der Waals surface area contributed by atoms with Gasteiger partial charge in [-0.1, -0.05) is 42.2 Å². The summed E-state index contributed by atoms with van der Waals surface area (Å²) in [6.45, 7) is 0.186. The Bertz CT molecular complexity index is 1190. The van der Waals surface area contributed by atoms with Gasteiger partial charge in [-0.15, -0.1) is 0 Å². The highest BCUT2D eigenvalue weighted by Crippen LogP contribution is 2.26. The van der Waals surface area contributed by atoms with Crippen LogP contribution in [0.2, 0.25) is 0 Å². The molecule has 0 unspecified atom stereocenters. The molecule has 0 bridgehead atoms. The van der Waals surface area contributed by atoms with Crippen LogP contribution in [0.3, 0.4) is 0 Å². The van der Waals surface area contributed by atoms with Gasteiger partial charge in [-0.2, -0.15) is 0 Å². The van der Waals surface area contributed by atoms with Crippen LogP contribution in [0.4, 0.5) is 5.69 Å². The Morgan fingerprint density at radius 3 is 2.05 bits per heavy atom. The largest absolute Gasteiger partial charge is 0.481 e. The van der Waals surface area contributed by atoms with Gasteiger partial charge in [0.15, 0.2) is 0 Å². The Morgan fingerprint density at radius 1 is 0.816 bits per heavy atom. The lowest BCUT2D eigenvalue weighted by molar-refractivity contribution is -0.139. The number of para-hydroxylation sites is 1. The van der Waals surface area contributed by atoms with Gasteiger partial charge in [0.1, 0.15) is 0 Å². The average Bonchev–Trinajstić information content (AvgIpc) is 2.88. The van der Waals surface area contributed by atoms with Crippen LogP contribution in [0, 0.1) is 11.8 Å². The Balaban J connectivity index is 1.61. The van der Waals surface area contributed by atoms with Crippen molar-refractivity contribution in [1.82, 2.24) is 5.32 Å². The van der Waals surface area contributed by atoms with E-state index in [9.17, 15) is 19.2 Å². The number of hydrogen-bond acceptors (Lipinski definition) is 6. The molecule has 0 fully saturated rings. The number of nitrogens with one attached hydrogen (secondary N) is 1. The van der Waals surface area contributed by atoms with Gasteiger partial charge >= 0.3 is 11.9 Å². The third kappa shape index (κ3) is 9.03. The molecule has 3 N–H and O–H groups in total. The van der Waals surface area contributed by atoms with Crippen molar-refractivity contribution in [3.05, 3.63) is 65.2 Å². The number of nitrogens with zero attached hydrogens (tertiary/aromatic N) is 1. The normalized spacial score (nSPS) is 11.9. The molecule has 1 heterocycles. The molecule has 0 spiro atoms. The lowest BCUT2D eigenvalue weighted by Crippen LogP contribution is -2.42. The van der Waals surface area contributed by atoms with Crippen molar-refractivity contribution in [2.24, 2.45) is 0 Å². The molecule has 10 heteroatoms. The maximum atomic E-state index is 13.3. The summed E-state index contributed by atoms with van der Waals surface area (Å²) in [6.07, 6.45) is -0.534. The van der Waals surface area contributed by atoms with Crippen LogP contribution in [0.15, 0.2) is 48.5 Å². The van der Waals surface area contributed by atoms with E-state index in [4.69, 9.17) is 19.7 Å². The van der Waals surface area contributed by atoms with Crippen LogP contribution < -0.4 is 10.2 Å². The van der Waals surface area contributed by atoms with Gasteiger partial charge in [0.2, 0.25) is 11.8 Å². The summed E-state index contributed by atoms with van der Waals surface area (Å²) in [5.74, 6) is 3.63. The van der Waals surface area contributed by atoms with E-state index in [2.05, 4.69) is 17.2 Å². The van der Waals surface area contributed by atoms with Crippen molar-refractivity contribution in [3.63, 3.8) is 0 Å². The van der Waals surface area contributed by atoms with Gasteiger partial charge in [0, 0.05) is 24.0 Å². The van der Waals surface area contributed by atoms with E-state index in [-0.39, 0.29) is 58.0 Å². The maximum Gasteiger partial charge on any atom is 0.305 e. The molecule has 0 saturated heterocycles. The van der Waals surface area contributed by atoms with E-state index in [0.29, 0.717) is 12.2 Å². The molecule has 1 aliphatic rings. The molecule has 3 rings (SSSR count). The number of anilines is 1. The first-order chi connectivity index (χ1) is 18.3. The summed E-state index contributed by atoms with van der Waals surface area (Å²) in [4.78, 5) is 49.0. The van der Waals surface area contributed by atoms with Crippen molar-refractivity contribution in [1.29, 1.82) is 0 Å². The molecule has 200 valence electrons. The van der Waals surface area contributed by atoms with Crippen LogP contribution in [-0.4, -0.2) is 66.4 Å². The predicted molar refractivity (Wildman–Crippen MR) is 137 cm³/mol. The van der Waals surface area contributed by atoms with Crippen molar-refractivity contribution >= 4 is 29.4 Å². The number of carbonyl (C=O) groups is 4. The average molecular weight is 523 g/mol. The minimum atomic E-state index is -1.01. The fourth-order valence-electron chi connectivity index (χ4n) is 3.76. The molecule has 38 heavy (non-hydrogen) atoms. The summed E-state index contributed by atoms with van der Waals surface area (Å²) in [7, 11) is 0. The molecule has 0 saturated carbocycles. The summed E-state index contributed by atoms with van der Waals surface area (Å²) in [5, 5.41) is 20.2. The third-order valence-corrected chi connectivity index (χ3v) is 5.66. The Morgan fingerprint density at radius 2 is 1.39 bits per heavy atom. The first-order valence-corrected chi connectivity index (χ1v) is 12.2. The number of ether oxygens (including phenoxy) is 2. The number of benzene rings is 2. The predicted octanol–water partition coefficient (Wildman–Crippen LogP) is 2.18. The Hall–Kier alpha value is -4.20. The molecule has 1 aliphatic heterocycles. The second-order valence-electron chi connectivity index (χ2n) is 8.61. The van der Waals surface area contributed by atoms with Crippen molar-refractivity contribution in [3.8, 4) is 11.8 Å². The lowest BCUT2D eigenvalue weighted by atomic mass is 10.0. The van der Waals surface area contributed by atoms with Crippen molar-refractivity contribution in [2.45, 2.75) is 38.3 Å². The molecule has 2 amide bonds. The molecular formula is C28H30N2O8. The van der Waals surface area contributed by atoms with Gasteiger partial charge in [0.05, 0.1) is 57.5 Å². The quantitative estimate of drug-likeness (QED) is 0.253. The molecule has 0 aliphatic carbocycles. The first-order valence-electron chi connectivity index (χ1n) is 12.2. The smallest absolute Gasteiger partial charge is 0.305 e. The fraction of sp³-hybridized carbons (Fsp3) is 0.357. The zero-order chi connectivity index (χ0) is 27.3. The highest BCUT2D eigenvalue weighted by molar-refractivity contribution is 5.97. The summed E-state index contributed by atoms with van der Waals surface area (Å²) < 4.78 is 10.6. The highest BCUT2D eigenvalue weighted by Gasteiger charge is 2.22. The van der Waals surface area contributed by atoms with Crippen LogP contribution in [-0.2, 0) is 35.2 Å². The first kappa shape index (κ1) is 28.4. The van der Waals surface area contributed by atoms with Gasteiger partial charge in [-0.05, 0) is 23.8 Å². The standard InChI is InChI=1S/C28H30N2O8/c31-25(29-23(18-37-15-13-27(33)34)19-38-16-14-28(35)36)11-12-26(32)30-17-22-7-2-1-5-20(22)9-10-21-6-3-4-8-24(21)30/h1-8,23H,11-19H2,(H,29,31)(H,33,34)(H,35,36). The van der Waals surface area contributed by atoms with E-state index in [1.54, 1.807) is 4.90 Å². The second kappa shape index (κ2) is 14.5. The summed E-state index contributed by atoms with van der Waals surface area (Å²) in [6, 6.07) is 14.3. The summed E-state index contributed by atoms with van der Waals surface area (Å²) in [5.41, 5.74) is 3.14. The van der Waals surface area contributed by atoms with Crippen molar-refractivity contribution in [2.75, 3.05) is 31.3 Å². The van der Waals surface area contributed by atoms with E-state index in [1.165, 1.54) is 0 Å². The summed E-state index contributed by atoms with van der Waals surface area (Å²) >= 11 is 0. The molecule has 0 atom stereocenters. The monoisotopic (exact) mass is 522 g/mol. The Labute approximate surface area is 220 Å².